The maximum atomic E-state index is 12.6. The lowest BCUT2D eigenvalue weighted by Gasteiger charge is -2.19. The van der Waals surface area contributed by atoms with E-state index < -0.39 is 0 Å². The number of anilines is 1. The molecule has 28 heavy (non-hydrogen) atoms. The Kier molecular flexibility index (Phi) is 5.73. The molecule has 0 unspecified atom stereocenters. The van der Waals surface area contributed by atoms with E-state index >= 15 is 0 Å². The summed E-state index contributed by atoms with van der Waals surface area (Å²) < 4.78 is 0. The quantitative estimate of drug-likeness (QED) is 0.738. The number of aromatic nitrogens is 1. The fourth-order valence-electron chi connectivity index (χ4n) is 3.47. The molecule has 0 saturated carbocycles. The Labute approximate surface area is 165 Å². The molecule has 0 bridgehead atoms. The lowest BCUT2D eigenvalue weighted by molar-refractivity contribution is -0.132. The van der Waals surface area contributed by atoms with Crippen molar-refractivity contribution in [1.29, 1.82) is 0 Å². The Morgan fingerprint density at radius 2 is 1.71 bits per heavy atom. The smallest absolute Gasteiger partial charge is 0.243 e. The molecule has 0 aliphatic rings. The standard InChI is InChI=1S/C23H25N3O2/c1-15-11-16(2)22(17(3)12-15)25-20(27)14-26(4)21(28)13-19-8-5-7-18-9-6-10-24-23(18)19/h5-12H,13-14H2,1-4H3,(H,25,27). The van der Waals surface area contributed by atoms with E-state index in [2.05, 4.69) is 10.3 Å². The van der Waals surface area contributed by atoms with Gasteiger partial charge in [0.25, 0.3) is 0 Å². The largest absolute Gasteiger partial charge is 0.336 e. The minimum absolute atomic E-state index is 0.00375. The van der Waals surface area contributed by atoms with E-state index in [1.54, 1.807) is 13.2 Å². The lowest BCUT2D eigenvalue weighted by Crippen LogP contribution is -2.36. The number of para-hydroxylation sites is 1. The van der Waals surface area contributed by atoms with E-state index in [1.807, 2.05) is 63.2 Å². The third-order valence-electron chi connectivity index (χ3n) is 4.81. The van der Waals surface area contributed by atoms with Crippen molar-refractivity contribution in [3.63, 3.8) is 0 Å². The topological polar surface area (TPSA) is 62.3 Å². The zero-order chi connectivity index (χ0) is 20.3. The Morgan fingerprint density at radius 3 is 2.43 bits per heavy atom. The highest BCUT2D eigenvalue weighted by molar-refractivity contribution is 5.96. The number of hydrogen-bond acceptors (Lipinski definition) is 3. The Bertz CT molecular complexity index is 1010. The first-order chi connectivity index (χ1) is 13.3. The Morgan fingerprint density at radius 1 is 1.04 bits per heavy atom. The van der Waals surface area contributed by atoms with Crippen molar-refractivity contribution in [3.8, 4) is 0 Å². The first kappa shape index (κ1) is 19.5. The van der Waals surface area contributed by atoms with Gasteiger partial charge in [-0.3, -0.25) is 14.6 Å². The minimum atomic E-state index is -0.207. The fourth-order valence-corrected chi connectivity index (χ4v) is 3.47. The van der Waals surface area contributed by atoms with Gasteiger partial charge < -0.3 is 10.2 Å². The molecule has 3 rings (SSSR count). The molecule has 0 aliphatic heterocycles. The van der Waals surface area contributed by atoms with Crippen LogP contribution in [0.4, 0.5) is 5.69 Å². The van der Waals surface area contributed by atoms with E-state index in [4.69, 9.17) is 0 Å². The van der Waals surface area contributed by atoms with Gasteiger partial charge in [0.05, 0.1) is 18.5 Å². The van der Waals surface area contributed by atoms with Crippen molar-refractivity contribution < 1.29 is 9.59 Å². The van der Waals surface area contributed by atoms with Crippen LogP contribution in [0.1, 0.15) is 22.3 Å². The SMILES string of the molecule is Cc1cc(C)c(NC(=O)CN(C)C(=O)Cc2cccc3cccnc23)c(C)c1. The van der Waals surface area contributed by atoms with Crippen molar-refractivity contribution >= 4 is 28.4 Å². The highest BCUT2D eigenvalue weighted by Gasteiger charge is 2.16. The molecule has 0 atom stereocenters. The van der Waals surface area contributed by atoms with Crippen LogP contribution >= 0.6 is 0 Å². The van der Waals surface area contributed by atoms with Crippen molar-refractivity contribution in [3.05, 3.63) is 70.9 Å². The molecule has 3 aromatic rings. The molecule has 2 amide bonds. The van der Waals surface area contributed by atoms with Crippen LogP contribution in [0.25, 0.3) is 10.9 Å². The van der Waals surface area contributed by atoms with E-state index in [0.717, 1.165) is 38.8 Å². The molecule has 1 heterocycles. The molecule has 0 radical (unpaired) electrons. The number of likely N-dealkylation sites (N-methyl/N-ethyl adjacent to an activating group) is 1. The van der Waals surface area contributed by atoms with Crippen LogP contribution in [0.5, 0.6) is 0 Å². The number of nitrogens with one attached hydrogen (secondary N) is 1. The van der Waals surface area contributed by atoms with Crippen LogP contribution < -0.4 is 5.32 Å². The van der Waals surface area contributed by atoms with Gasteiger partial charge in [-0.1, -0.05) is 42.0 Å². The summed E-state index contributed by atoms with van der Waals surface area (Å²) in [5, 5.41) is 3.94. The Balaban J connectivity index is 1.66. The summed E-state index contributed by atoms with van der Waals surface area (Å²) in [4.78, 5) is 30.9. The van der Waals surface area contributed by atoms with Gasteiger partial charge in [-0.05, 0) is 43.5 Å². The number of amides is 2. The average molecular weight is 375 g/mol. The van der Waals surface area contributed by atoms with Crippen LogP contribution in [-0.2, 0) is 16.0 Å². The van der Waals surface area contributed by atoms with E-state index in [0.29, 0.717) is 0 Å². The zero-order valence-corrected chi connectivity index (χ0v) is 16.7. The third-order valence-corrected chi connectivity index (χ3v) is 4.81. The molecular formula is C23H25N3O2. The minimum Gasteiger partial charge on any atom is -0.336 e. The summed E-state index contributed by atoms with van der Waals surface area (Å²) >= 11 is 0. The van der Waals surface area contributed by atoms with Crippen molar-refractivity contribution in [2.24, 2.45) is 0 Å². The summed E-state index contributed by atoms with van der Waals surface area (Å²) in [5.41, 5.74) is 5.68. The second kappa shape index (κ2) is 8.21. The van der Waals surface area contributed by atoms with Crippen molar-refractivity contribution in [2.45, 2.75) is 27.2 Å². The van der Waals surface area contributed by atoms with Gasteiger partial charge in [0.1, 0.15) is 0 Å². The number of benzene rings is 2. The average Bonchev–Trinajstić information content (AvgIpc) is 2.65. The number of fused-ring (bicyclic) bond motifs is 1. The highest BCUT2D eigenvalue weighted by Crippen LogP contribution is 2.22. The van der Waals surface area contributed by atoms with Crippen LogP contribution in [0.3, 0.4) is 0 Å². The van der Waals surface area contributed by atoms with Crippen molar-refractivity contribution in [2.75, 3.05) is 18.9 Å². The van der Waals surface area contributed by atoms with E-state index in [-0.39, 0.29) is 24.8 Å². The fraction of sp³-hybridized carbons (Fsp3) is 0.261. The maximum Gasteiger partial charge on any atom is 0.243 e. The molecule has 0 saturated heterocycles. The van der Waals surface area contributed by atoms with E-state index in [9.17, 15) is 9.59 Å². The first-order valence-corrected chi connectivity index (χ1v) is 9.29. The predicted molar refractivity (Wildman–Crippen MR) is 112 cm³/mol. The third kappa shape index (κ3) is 4.36. The number of aryl methyl sites for hydroxylation is 3. The van der Waals surface area contributed by atoms with Gasteiger partial charge in [0.15, 0.2) is 0 Å². The summed E-state index contributed by atoms with van der Waals surface area (Å²) in [5.74, 6) is -0.326. The summed E-state index contributed by atoms with van der Waals surface area (Å²) in [6, 6.07) is 13.7. The zero-order valence-electron chi connectivity index (χ0n) is 16.7. The molecule has 1 N–H and O–H groups in total. The number of rotatable bonds is 5. The molecule has 0 spiro atoms. The van der Waals surface area contributed by atoms with Gasteiger partial charge in [-0.15, -0.1) is 0 Å². The van der Waals surface area contributed by atoms with Crippen LogP contribution in [0, 0.1) is 20.8 Å². The normalized spacial score (nSPS) is 10.7. The van der Waals surface area contributed by atoms with Gasteiger partial charge in [-0.25, -0.2) is 0 Å². The molecule has 0 aliphatic carbocycles. The summed E-state index contributed by atoms with van der Waals surface area (Å²) in [7, 11) is 1.65. The second-order valence-corrected chi connectivity index (χ2v) is 7.24. The van der Waals surface area contributed by atoms with Gasteiger partial charge >= 0.3 is 0 Å². The number of pyridine rings is 1. The summed E-state index contributed by atoms with van der Waals surface area (Å²) in [6.45, 7) is 5.97. The van der Waals surface area contributed by atoms with Crippen molar-refractivity contribution in [1.82, 2.24) is 9.88 Å². The molecule has 5 heteroatoms. The number of carbonyl (C=O) groups excluding carboxylic acids is 2. The number of nitrogens with zero attached hydrogens (tertiary/aromatic N) is 2. The Hall–Kier alpha value is -3.21. The number of hydrogen-bond donors (Lipinski definition) is 1. The van der Waals surface area contributed by atoms with Gasteiger partial charge in [-0.2, -0.15) is 0 Å². The van der Waals surface area contributed by atoms with Gasteiger partial charge in [0.2, 0.25) is 11.8 Å². The molecule has 0 fully saturated rings. The molecular weight excluding hydrogens is 350 g/mol. The second-order valence-electron chi connectivity index (χ2n) is 7.24. The van der Waals surface area contributed by atoms with Crippen LogP contribution in [0.2, 0.25) is 0 Å². The number of carbonyl (C=O) groups is 2. The van der Waals surface area contributed by atoms with E-state index in [1.165, 1.54) is 4.90 Å². The molecule has 5 nitrogen and oxygen atoms in total. The molecule has 2 aromatic carbocycles. The van der Waals surface area contributed by atoms with Crippen LogP contribution in [-0.4, -0.2) is 35.3 Å². The molecule has 144 valence electrons. The summed E-state index contributed by atoms with van der Waals surface area (Å²) in [6.07, 6.45) is 1.93. The monoisotopic (exact) mass is 375 g/mol. The highest BCUT2D eigenvalue weighted by atomic mass is 16.2. The van der Waals surface area contributed by atoms with Gasteiger partial charge in [0, 0.05) is 24.3 Å². The predicted octanol–water partition coefficient (Wildman–Crippen LogP) is 3.80. The maximum absolute atomic E-state index is 12.6. The first-order valence-electron chi connectivity index (χ1n) is 9.29. The molecule has 1 aromatic heterocycles. The van der Waals surface area contributed by atoms with Crippen LogP contribution in [0.15, 0.2) is 48.7 Å². The lowest BCUT2D eigenvalue weighted by atomic mass is 10.1.